The van der Waals surface area contributed by atoms with Crippen LogP contribution in [-0.2, 0) is 9.53 Å². The molecule has 1 saturated carbocycles. The van der Waals surface area contributed by atoms with Crippen molar-refractivity contribution in [1.82, 2.24) is 0 Å². The molecule has 1 rings (SSSR count). The molecule has 0 bridgehead atoms. The number of thioether (sulfide) groups is 1. The summed E-state index contributed by atoms with van der Waals surface area (Å²) in [5.74, 6) is -0.122. The molecule has 2 N–H and O–H groups in total. The van der Waals surface area contributed by atoms with Crippen LogP contribution in [0.15, 0.2) is 0 Å². The van der Waals surface area contributed by atoms with E-state index in [0.717, 1.165) is 19.3 Å². The van der Waals surface area contributed by atoms with Crippen LogP contribution >= 0.6 is 11.8 Å². The van der Waals surface area contributed by atoms with E-state index in [2.05, 4.69) is 0 Å². The zero-order valence-electron chi connectivity index (χ0n) is 7.50. The van der Waals surface area contributed by atoms with Crippen LogP contribution in [0.2, 0.25) is 0 Å². The van der Waals surface area contributed by atoms with Crippen LogP contribution < -0.4 is 5.73 Å². The lowest BCUT2D eigenvalue weighted by molar-refractivity contribution is -0.143. The summed E-state index contributed by atoms with van der Waals surface area (Å²) in [5, 5.41) is 0. The molecule has 3 nitrogen and oxygen atoms in total. The van der Waals surface area contributed by atoms with Crippen molar-refractivity contribution in [2.45, 2.75) is 30.1 Å². The van der Waals surface area contributed by atoms with E-state index in [4.69, 9.17) is 10.5 Å². The quantitative estimate of drug-likeness (QED) is 0.652. The fourth-order valence-corrected chi connectivity index (χ4v) is 2.64. The second-order valence-corrected chi connectivity index (χ2v) is 4.38. The van der Waals surface area contributed by atoms with E-state index in [1.807, 2.05) is 6.26 Å². The first-order chi connectivity index (χ1) is 5.64. The average Bonchev–Trinajstić information content (AvgIpc) is 2.47. The maximum Gasteiger partial charge on any atom is 0.321 e. The fraction of sp³-hybridized carbons (Fsp3) is 0.875. The summed E-state index contributed by atoms with van der Waals surface area (Å²) in [4.78, 5) is 11.4. The summed E-state index contributed by atoms with van der Waals surface area (Å²) in [6.45, 7) is 0. The number of esters is 1. The van der Waals surface area contributed by atoms with Crippen LogP contribution in [0.25, 0.3) is 0 Å². The second-order valence-electron chi connectivity index (χ2n) is 3.19. The largest absolute Gasteiger partial charge is 0.468 e. The van der Waals surface area contributed by atoms with Gasteiger partial charge in [0.1, 0.15) is 4.75 Å². The van der Waals surface area contributed by atoms with Gasteiger partial charge in [0.25, 0.3) is 0 Å². The molecule has 12 heavy (non-hydrogen) atoms. The van der Waals surface area contributed by atoms with Gasteiger partial charge in [0.05, 0.1) is 7.11 Å². The molecule has 0 saturated heterocycles. The normalized spacial score (nSPS) is 35.1. The summed E-state index contributed by atoms with van der Waals surface area (Å²) in [7, 11) is 1.43. The first-order valence-corrected chi connectivity index (χ1v) is 5.26. The van der Waals surface area contributed by atoms with Crippen molar-refractivity contribution < 1.29 is 9.53 Å². The summed E-state index contributed by atoms with van der Waals surface area (Å²) >= 11 is 1.56. The molecule has 2 atom stereocenters. The van der Waals surface area contributed by atoms with Gasteiger partial charge in [-0.25, -0.2) is 0 Å². The molecule has 70 valence electrons. The monoisotopic (exact) mass is 189 g/mol. The Balaban J connectivity index is 2.70. The van der Waals surface area contributed by atoms with E-state index in [-0.39, 0.29) is 16.8 Å². The number of rotatable bonds is 2. The van der Waals surface area contributed by atoms with Crippen LogP contribution in [0.4, 0.5) is 0 Å². The van der Waals surface area contributed by atoms with Gasteiger partial charge in [-0.05, 0) is 25.5 Å². The molecule has 1 aliphatic carbocycles. The standard InChI is InChI=1S/C8H15NO2S/c1-11-7(10)8(12-2)4-3-6(9)5-8/h6H,3-5,9H2,1-2H3/t6-,8?/m1/s1. The summed E-state index contributed by atoms with van der Waals surface area (Å²) < 4.78 is 4.41. The van der Waals surface area contributed by atoms with E-state index < -0.39 is 0 Å². The minimum Gasteiger partial charge on any atom is -0.468 e. The van der Waals surface area contributed by atoms with E-state index >= 15 is 0 Å². The molecular weight excluding hydrogens is 174 g/mol. The Hall–Kier alpha value is -0.220. The first-order valence-electron chi connectivity index (χ1n) is 4.04. The highest BCUT2D eigenvalue weighted by Gasteiger charge is 2.44. The first kappa shape index (κ1) is 9.86. The number of ether oxygens (including phenoxy) is 1. The zero-order chi connectivity index (χ0) is 9.19. The highest BCUT2D eigenvalue weighted by Crippen LogP contribution is 2.40. The van der Waals surface area contributed by atoms with Crippen molar-refractivity contribution in [2.24, 2.45) is 5.73 Å². The molecule has 1 fully saturated rings. The predicted molar refractivity (Wildman–Crippen MR) is 50.1 cm³/mol. The van der Waals surface area contributed by atoms with Crippen molar-refractivity contribution in [2.75, 3.05) is 13.4 Å². The zero-order valence-corrected chi connectivity index (χ0v) is 8.32. The van der Waals surface area contributed by atoms with Crippen LogP contribution in [0.3, 0.4) is 0 Å². The Kier molecular flexibility index (Phi) is 3.01. The summed E-state index contributed by atoms with van der Waals surface area (Å²) in [6, 6.07) is 0.163. The van der Waals surface area contributed by atoms with Crippen LogP contribution in [0.5, 0.6) is 0 Å². The number of methoxy groups -OCH3 is 1. The molecule has 0 aromatic heterocycles. The van der Waals surface area contributed by atoms with Gasteiger partial charge in [-0.3, -0.25) is 4.79 Å². The average molecular weight is 189 g/mol. The lowest BCUT2D eigenvalue weighted by atomic mass is 10.1. The van der Waals surface area contributed by atoms with Crippen molar-refractivity contribution >= 4 is 17.7 Å². The van der Waals surface area contributed by atoms with Gasteiger partial charge >= 0.3 is 5.97 Å². The van der Waals surface area contributed by atoms with Gasteiger partial charge in [0.15, 0.2) is 0 Å². The third kappa shape index (κ3) is 1.59. The molecule has 1 unspecified atom stereocenters. The van der Waals surface area contributed by atoms with E-state index in [1.54, 1.807) is 11.8 Å². The minimum atomic E-state index is -0.353. The summed E-state index contributed by atoms with van der Waals surface area (Å²) in [5.41, 5.74) is 5.76. The molecule has 0 amide bonds. The van der Waals surface area contributed by atoms with E-state index in [1.165, 1.54) is 7.11 Å². The molecular formula is C8H15NO2S. The van der Waals surface area contributed by atoms with Crippen molar-refractivity contribution in [3.63, 3.8) is 0 Å². The maximum absolute atomic E-state index is 11.4. The van der Waals surface area contributed by atoms with Crippen molar-refractivity contribution in [3.05, 3.63) is 0 Å². The fourth-order valence-electron chi connectivity index (χ4n) is 1.69. The molecule has 0 radical (unpaired) electrons. The smallest absolute Gasteiger partial charge is 0.321 e. The van der Waals surface area contributed by atoms with Crippen LogP contribution in [-0.4, -0.2) is 30.1 Å². The van der Waals surface area contributed by atoms with Crippen molar-refractivity contribution in [3.8, 4) is 0 Å². The Morgan fingerprint density at radius 2 is 2.42 bits per heavy atom. The third-order valence-electron chi connectivity index (χ3n) is 2.46. The van der Waals surface area contributed by atoms with Gasteiger partial charge in [-0.15, -0.1) is 11.8 Å². The van der Waals surface area contributed by atoms with Gasteiger partial charge < -0.3 is 10.5 Å². The Morgan fingerprint density at radius 1 is 1.75 bits per heavy atom. The predicted octanol–water partition coefficient (Wildman–Crippen LogP) is 0.772. The lowest BCUT2D eigenvalue weighted by Crippen LogP contribution is -2.34. The summed E-state index contributed by atoms with van der Waals surface area (Å²) in [6.07, 6.45) is 4.47. The number of nitrogens with two attached hydrogens (primary N) is 1. The Labute approximate surface area is 77.0 Å². The molecule has 0 spiro atoms. The van der Waals surface area contributed by atoms with E-state index in [9.17, 15) is 4.79 Å². The van der Waals surface area contributed by atoms with Gasteiger partial charge in [-0.1, -0.05) is 0 Å². The molecule has 1 aliphatic rings. The number of hydrogen-bond acceptors (Lipinski definition) is 4. The van der Waals surface area contributed by atoms with E-state index in [0.29, 0.717) is 0 Å². The highest BCUT2D eigenvalue weighted by molar-refractivity contribution is 8.00. The Bertz CT molecular complexity index is 186. The Morgan fingerprint density at radius 3 is 2.75 bits per heavy atom. The van der Waals surface area contributed by atoms with Crippen LogP contribution in [0, 0.1) is 0 Å². The topological polar surface area (TPSA) is 52.3 Å². The minimum absolute atomic E-state index is 0.122. The second kappa shape index (κ2) is 3.66. The molecule has 0 aliphatic heterocycles. The maximum atomic E-state index is 11.4. The lowest BCUT2D eigenvalue weighted by Gasteiger charge is -2.23. The molecule has 0 aromatic rings. The van der Waals surface area contributed by atoms with Crippen molar-refractivity contribution in [1.29, 1.82) is 0 Å². The number of carbonyl (C=O) groups excluding carboxylic acids is 1. The van der Waals surface area contributed by atoms with Gasteiger partial charge in [0, 0.05) is 6.04 Å². The number of hydrogen-bond donors (Lipinski definition) is 1. The van der Waals surface area contributed by atoms with Crippen LogP contribution in [0.1, 0.15) is 19.3 Å². The highest BCUT2D eigenvalue weighted by atomic mass is 32.2. The number of carbonyl (C=O) groups is 1. The molecule has 0 heterocycles. The molecule has 0 aromatic carbocycles. The van der Waals surface area contributed by atoms with Gasteiger partial charge in [0.2, 0.25) is 0 Å². The third-order valence-corrected chi connectivity index (χ3v) is 3.78. The molecule has 4 heteroatoms. The SMILES string of the molecule is COC(=O)C1(SC)CC[C@@H](N)C1. The van der Waals surface area contributed by atoms with Gasteiger partial charge in [-0.2, -0.15) is 0 Å².